The Balaban J connectivity index is 0.00000210. The second kappa shape index (κ2) is 8.25. The van der Waals surface area contributed by atoms with Gasteiger partial charge in [0.1, 0.15) is 11.4 Å². The predicted molar refractivity (Wildman–Crippen MR) is 107 cm³/mol. The monoisotopic (exact) mass is 448 g/mol. The second-order valence-electron chi connectivity index (χ2n) is 6.79. The Kier molecular flexibility index (Phi) is 6.18. The van der Waals surface area contributed by atoms with Gasteiger partial charge in [0.15, 0.2) is 6.54 Å². The maximum absolute atomic E-state index is 11.7. The maximum Gasteiger partial charge on any atom is 0.316 e. The third-order valence-electron chi connectivity index (χ3n) is 5.25. The minimum Gasteiger partial charge on any atom is -1.00 e. The van der Waals surface area contributed by atoms with Gasteiger partial charge in [0.2, 0.25) is 0 Å². The number of hydrogen-bond donors (Lipinski definition) is 1. The summed E-state index contributed by atoms with van der Waals surface area (Å²) in [7, 11) is 1.68. The first-order valence-electron chi connectivity index (χ1n) is 9.16. The van der Waals surface area contributed by atoms with Crippen molar-refractivity contribution in [2.75, 3.05) is 30.9 Å². The van der Waals surface area contributed by atoms with E-state index in [1.54, 1.807) is 7.11 Å². The zero-order valence-electron chi connectivity index (χ0n) is 15.7. The lowest BCUT2D eigenvalue weighted by Gasteiger charge is -2.24. The van der Waals surface area contributed by atoms with Crippen molar-refractivity contribution in [2.45, 2.75) is 25.5 Å². The van der Waals surface area contributed by atoms with Gasteiger partial charge in [0.05, 0.1) is 13.7 Å². The molecule has 0 amide bonds. The molecule has 0 spiro atoms. The average molecular weight is 449 g/mol. The van der Waals surface area contributed by atoms with E-state index in [1.807, 2.05) is 23.9 Å². The molecule has 1 atom stereocenters. The first-order chi connectivity index (χ1) is 12.7. The topological polar surface area (TPSA) is 35.7 Å². The summed E-state index contributed by atoms with van der Waals surface area (Å²) in [5.41, 5.74) is 2.35. The number of thioether (sulfide) groups is 1. The first-order valence-corrected chi connectivity index (χ1v) is 10.1. The van der Waals surface area contributed by atoms with Crippen LogP contribution in [0.5, 0.6) is 5.75 Å². The van der Waals surface area contributed by atoms with Crippen LogP contribution >= 0.6 is 11.8 Å². The molecule has 27 heavy (non-hydrogen) atoms. The number of aryl methyl sites for hydroxylation is 1. The SMILES string of the molecule is CCc1ccc(C2(O)CN(c3ccc(OC)cc3)C3=[N+]2CCCS3)cc1.[Br-]. The summed E-state index contributed by atoms with van der Waals surface area (Å²) in [5, 5.41) is 12.8. The summed E-state index contributed by atoms with van der Waals surface area (Å²) >= 11 is 1.83. The van der Waals surface area contributed by atoms with E-state index < -0.39 is 5.72 Å². The molecule has 0 saturated carbocycles. The van der Waals surface area contributed by atoms with Crippen LogP contribution in [0.1, 0.15) is 24.5 Å². The second-order valence-corrected chi connectivity index (χ2v) is 7.85. The van der Waals surface area contributed by atoms with Gasteiger partial charge in [-0.25, -0.2) is 9.48 Å². The van der Waals surface area contributed by atoms with Gasteiger partial charge >= 0.3 is 5.17 Å². The highest BCUT2D eigenvalue weighted by molar-refractivity contribution is 8.13. The summed E-state index contributed by atoms with van der Waals surface area (Å²) in [6, 6.07) is 16.5. The van der Waals surface area contributed by atoms with Crippen molar-refractivity contribution in [3.05, 3.63) is 59.7 Å². The first kappa shape index (κ1) is 20.2. The number of hydrogen-bond acceptors (Lipinski definition) is 4. The Hall–Kier alpha value is -1.50. The largest absolute Gasteiger partial charge is 1.00 e. The predicted octanol–water partition coefficient (Wildman–Crippen LogP) is 0.432. The van der Waals surface area contributed by atoms with Gasteiger partial charge in [-0.2, -0.15) is 0 Å². The maximum atomic E-state index is 11.7. The normalized spacial score (nSPS) is 21.7. The summed E-state index contributed by atoms with van der Waals surface area (Å²) in [5.74, 6) is 1.93. The van der Waals surface area contributed by atoms with Crippen LogP contribution < -0.4 is 26.6 Å². The summed E-state index contributed by atoms with van der Waals surface area (Å²) in [6.45, 7) is 3.56. The van der Waals surface area contributed by atoms with Gasteiger partial charge in [0.25, 0.3) is 5.72 Å². The van der Waals surface area contributed by atoms with E-state index in [0.29, 0.717) is 6.54 Å². The highest BCUT2D eigenvalue weighted by Crippen LogP contribution is 2.38. The third kappa shape index (κ3) is 3.62. The van der Waals surface area contributed by atoms with Crippen molar-refractivity contribution in [1.29, 1.82) is 0 Å². The van der Waals surface area contributed by atoms with E-state index in [4.69, 9.17) is 4.74 Å². The van der Waals surface area contributed by atoms with Crippen molar-refractivity contribution in [3.63, 3.8) is 0 Å². The fourth-order valence-corrected chi connectivity index (χ4v) is 4.90. The lowest BCUT2D eigenvalue weighted by atomic mass is 10.00. The molecule has 2 aliphatic heterocycles. The minimum absolute atomic E-state index is 0. The number of anilines is 1. The summed E-state index contributed by atoms with van der Waals surface area (Å²) in [6.07, 6.45) is 2.09. The van der Waals surface area contributed by atoms with Crippen molar-refractivity contribution < 1.29 is 31.4 Å². The van der Waals surface area contributed by atoms with Gasteiger partial charge in [-0.05, 0) is 54.4 Å². The molecule has 0 saturated heterocycles. The Morgan fingerprint density at radius 3 is 2.48 bits per heavy atom. The van der Waals surface area contributed by atoms with Crippen LogP contribution in [0.15, 0.2) is 48.5 Å². The molecule has 6 heteroatoms. The van der Waals surface area contributed by atoms with E-state index in [1.165, 1.54) is 5.56 Å². The molecule has 4 rings (SSSR count). The van der Waals surface area contributed by atoms with E-state index in [0.717, 1.165) is 47.3 Å². The highest BCUT2D eigenvalue weighted by atomic mass is 79.9. The number of benzene rings is 2. The zero-order valence-corrected chi connectivity index (χ0v) is 18.1. The Morgan fingerprint density at radius 1 is 1.15 bits per heavy atom. The number of rotatable bonds is 4. The molecule has 1 N–H and O–H groups in total. The molecule has 2 aliphatic rings. The standard InChI is InChI=1S/C21H25N2O2S.BrH/c1-3-16-5-7-17(8-6-16)21(24)15-22(20-23(21)13-4-14-26-20)18-9-11-19(25-2)12-10-18;/h5-12,24H,3-4,13-15H2,1-2H3;1H/q+1;/p-1. The number of aliphatic hydroxyl groups is 1. The van der Waals surface area contributed by atoms with Gasteiger partial charge in [-0.1, -0.05) is 31.2 Å². The number of β-amino-alcohol motifs (C(OH)–C–C–N with tert-alkyl or cyclic N) is 1. The molecule has 144 valence electrons. The van der Waals surface area contributed by atoms with Crippen molar-refractivity contribution in [3.8, 4) is 5.75 Å². The van der Waals surface area contributed by atoms with Crippen LogP contribution in [0, 0.1) is 0 Å². The van der Waals surface area contributed by atoms with Crippen LogP contribution in [-0.4, -0.2) is 40.8 Å². The van der Waals surface area contributed by atoms with Crippen LogP contribution in [0.2, 0.25) is 0 Å². The lowest BCUT2D eigenvalue weighted by Crippen LogP contribution is -3.00. The summed E-state index contributed by atoms with van der Waals surface area (Å²) < 4.78 is 7.45. The molecule has 0 aromatic heterocycles. The summed E-state index contributed by atoms with van der Waals surface area (Å²) in [4.78, 5) is 2.23. The third-order valence-corrected chi connectivity index (χ3v) is 6.44. The van der Waals surface area contributed by atoms with Crippen molar-refractivity contribution in [2.24, 2.45) is 0 Å². The average Bonchev–Trinajstić information content (AvgIpc) is 3.02. The van der Waals surface area contributed by atoms with E-state index in [-0.39, 0.29) is 17.0 Å². The Bertz CT molecular complexity index is 823. The molecule has 2 aromatic carbocycles. The number of ether oxygens (including phenoxy) is 1. The van der Waals surface area contributed by atoms with E-state index >= 15 is 0 Å². The molecule has 0 fully saturated rings. The fraction of sp³-hybridized carbons (Fsp3) is 0.381. The molecule has 0 radical (unpaired) electrons. The lowest BCUT2D eigenvalue weighted by molar-refractivity contribution is -0.656. The molecule has 2 heterocycles. The highest BCUT2D eigenvalue weighted by Gasteiger charge is 2.53. The van der Waals surface area contributed by atoms with Gasteiger partial charge in [-0.3, -0.25) is 0 Å². The molecule has 0 aliphatic carbocycles. The fourth-order valence-electron chi connectivity index (χ4n) is 3.72. The van der Waals surface area contributed by atoms with Gasteiger partial charge in [-0.15, -0.1) is 0 Å². The number of halogens is 1. The molecule has 1 unspecified atom stereocenters. The zero-order chi connectivity index (χ0) is 18.1. The van der Waals surface area contributed by atoms with Gasteiger partial charge in [0, 0.05) is 11.3 Å². The Labute approximate surface area is 175 Å². The number of nitrogens with zero attached hydrogens (tertiary/aromatic N) is 2. The minimum atomic E-state index is -0.991. The smallest absolute Gasteiger partial charge is 0.316 e. The van der Waals surface area contributed by atoms with Crippen LogP contribution in [-0.2, 0) is 12.1 Å². The number of amidine groups is 1. The van der Waals surface area contributed by atoms with Crippen molar-refractivity contribution in [1.82, 2.24) is 0 Å². The van der Waals surface area contributed by atoms with Crippen LogP contribution in [0.3, 0.4) is 0 Å². The van der Waals surface area contributed by atoms with Crippen LogP contribution in [0.4, 0.5) is 5.69 Å². The molecular formula is C21H25BrN2O2S. The number of methoxy groups -OCH3 is 1. The van der Waals surface area contributed by atoms with Crippen molar-refractivity contribution >= 4 is 22.6 Å². The van der Waals surface area contributed by atoms with E-state index in [2.05, 4.69) is 52.8 Å². The van der Waals surface area contributed by atoms with E-state index in [9.17, 15) is 5.11 Å². The molecule has 4 nitrogen and oxygen atoms in total. The van der Waals surface area contributed by atoms with Crippen LogP contribution in [0.25, 0.3) is 0 Å². The quantitative estimate of drug-likeness (QED) is 0.688. The molecule has 0 bridgehead atoms. The Morgan fingerprint density at radius 2 is 1.85 bits per heavy atom. The van der Waals surface area contributed by atoms with Gasteiger partial charge < -0.3 is 26.8 Å². The molecular weight excluding hydrogens is 424 g/mol. The molecule has 2 aromatic rings.